The Balaban J connectivity index is 1.44. The van der Waals surface area contributed by atoms with E-state index in [0.29, 0.717) is 31.1 Å². The van der Waals surface area contributed by atoms with Crippen molar-refractivity contribution in [3.8, 4) is 0 Å². The Bertz CT molecular complexity index is 1390. The Hall–Kier alpha value is -3.77. The van der Waals surface area contributed by atoms with Crippen molar-refractivity contribution in [3.63, 3.8) is 0 Å². The van der Waals surface area contributed by atoms with Gasteiger partial charge in [-0.15, -0.1) is 0 Å². The molecule has 4 aromatic rings. The minimum Gasteiger partial charge on any atom is -0.478 e. The Morgan fingerprint density at radius 1 is 0.810 bits per heavy atom. The van der Waals surface area contributed by atoms with Crippen LogP contribution in [0.4, 0.5) is 0 Å². The summed E-state index contributed by atoms with van der Waals surface area (Å²) in [4.78, 5) is 24.5. The minimum atomic E-state index is -0.939. The van der Waals surface area contributed by atoms with E-state index in [1.54, 1.807) is 12.1 Å². The number of carboxylic acids is 1. The number of hydrogen-bond acceptors (Lipinski definition) is 4. The predicted octanol–water partition coefficient (Wildman–Crippen LogP) is 7.95. The summed E-state index contributed by atoms with van der Waals surface area (Å²) in [5.74, 6) is -0.939. The van der Waals surface area contributed by atoms with E-state index in [4.69, 9.17) is 16.3 Å². The number of aryl methyl sites for hydroxylation is 2. The van der Waals surface area contributed by atoms with E-state index in [-0.39, 0.29) is 11.7 Å². The number of carbonyl (C=O) groups excluding carboxylic acids is 1. The van der Waals surface area contributed by atoms with Gasteiger partial charge in [0, 0.05) is 24.5 Å². The molecule has 0 spiro atoms. The summed E-state index contributed by atoms with van der Waals surface area (Å²) in [5, 5.41) is 9.93. The number of carboxylic acid groups (broad SMARTS) is 1. The number of unbranched alkanes of at least 4 members (excludes halogenated alkanes) is 2. The van der Waals surface area contributed by atoms with Gasteiger partial charge in [0.1, 0.15) is 6.29 Å². The van der Waals surface area contributed by atoms with E-state index in [1.165, 1.54) is 11.1 Å². The van der Waals surface area contributed by atoms with Crippen LogP contribution in [0.2, 0.25) is 5.02 Å². The van der Waals surface area contributed by atoms with Crippen molar-refractivity contribution < 1.29 is 19.4 Å². The fourth-order valence-electron chi connectivity index (χ4n) is 4.94. The van der Waals surface area contributed by atoms with Crippen molar-refractivity contribution >= 4 is 23.9 Å². The Morgan fingerprint density at radius 3 is 2.14 bits per heavy atom. The molecule has 0 aliphatic heterocycles. The molecule has 0 aromatic heterocycles. The van der Waals surface area contributed by atoms with Crippen LogP contribution in [0, 0.1) is 0 Å². The number of carbonyl (C=O) groups is 2. The van der Waals surface area contributed by atoms with Crippen LogP contribution in [0.15, 0.2) is 103 Å². The highest BCUT2D eigenvalue weighted by Gasteiger charge is 2.18. The van der Waals surface area contributed by atoms with Crippen LogP contribution in [0.25, 0.3) is 0 Å². The molecule has 0 saturated carbocycles. The molecule has 0 saturated heterocycles. The lowest BCUT2D eigenvalue weighted by Crippen LogP contribution is -2.30. The molecule has 4 rings (SSSR count). The van der Waals surface area contributed by atoms with E-state index < -0.39 is 5.97 Å². The van der Waals surface area contributed by atoms with Crippen molar-refractivity contribution in [3.05, 3.63) is 142 Å². The number of hydrogen-bond donors (Lipinski definition) is 1. The van der Waals surface area contributed by atoms with Gasteiger partial charge in [-0.25, -0.2) is 4.79 Å². The second-order valence-corrected chi connectivity index (χ2v) is 11.0. The molecule has 1 unspecified atom stereocenters. The van der Waals surface area contributed by atoms with Crippen LogP contribution >= 0.6 is 11.6 Å². The van der Waals surface area contributed by atoms with Crippen molar-refractivity contribution in [1.29, 1.82) is 0 Å². The molecule has 0 aliphatic carbocycles. The number of aldehydes is 1. The topological polar surface area (TPSA) is 66.8 Å². The summed E-state index contributed by atoms with van der Waals surface area (Å²) in [6.45, 7) is 2.50. The molecule has 0 bridgehead atoms. The second kappa shape index (κ2) is 16.6. The van der Waals surface area contributed by atoms with Crippen molar-refractivity contribution in [2.75, 3.05) is 13.1 Å². The SMILES string of the molecule is O=CCCCCN(Cc1ccc(C(=O)O)cc1)CC(OCc1ccc(CCc2ccccc2)cc1)c1cccc(Cl)c1. The summed E-state index contributed by atoms with van der Waals surface area (Å²) >= 11 is 6.37. The first-order chi connectivity index (χ1) is 20.5. The fraction of sp³-hybridized carbons (Fsp3) is 0.278. The second-order valence-electron chi connectivity index (χ2n) is 10.6. The van der Waals surface area contributed by atoms with Crippen molar-refractivity contribution in [1.82, 2.24) is 4.90 Å². The zero-order valence-corrected chi connectivity index (χ0v) is 24.6. The lowest BCUT2D eigenvalue weighted by atomic mass is 10.0. The van der Waals surface area contributed by atoms with E-state index >= 15 is 0 Å². The Kier molecular flexibility index (Phi) is 12.3. The number of rotatable bonds is 17. The first-order valence-electron chi connectivity index (χ1n) is 14.5. The van der Waals surface area contributed by atoms with E-state index in [2.05, 4.69) is 53.4 Å². The maximum atomic E-state index is 11.3. The highest BCUT2D eigenvalue weighted by Crippen LogP contribution is 2.25. The van der Waals surface area contributed by atoms with Gasteiger partial charge in [0.25, 0.3) is 0 Å². The highest BCUT2D eigenvalue weighted by molar-refractivity contribution is 6.30. The van der Waals surface area contributed by atoms with Crippen LogP contribution in [-0.2, 0) is 35.5 Å². The lowest BCUT2D eigenvalue weighted by Gasteiger charge is -2.28. The molecule has 0 heterocycles. The third kappa shape index (κ3) is 10.3. The normalized spacial score (nSPS) is 11.9. The number of halogens is 1. The third-order valence-corrected chi connectivity index (χ3v) is 7.55. The summed E-state index contributed by atoms with van der Waals surface area (Å²) in [6.07, 6.45) is 4.95. The van der Waals surface area contributed by atoms with Gasteiger partial charge in [-0.2, -0.15) is 0 Å². The summed E-state index contributed by atoms with van der Waals surface area (Å²) in [7, 11) is 0. The molecule has 1 N–H and O–H groups in total. The molecule has 1 atom stereocenters. The van der Waals surface area contributed by atoms with Crippen molar-refractivity contribution in [2.45, 2.75) is 51.4 Å². The molecule has 6 heteroatoms. The van der Waals surface area contributed by atoms with E-state index in [9.17, 15) is 14.7 Å². The largest absolute Gasteiger partial charge is 0.478 e. The summed E-state index contributed by atoms with van der Waals surface area (Å²) < 4.78 is 6.55. The van der Waals surface area contributed by atoms with Crippen LogP contribution in [0.1, 0.15) is 63.5 Å². The smallest absolute Gasteiger partial charge is 0.335 e. The summed E-state index contributed by atoms with van der Waals surface area (Å²) in [5.41, 5.74) is 6.02. The summed E-state index contributed by atoms with van der Waals surface area (Å²) in [6, 6.07) is 33.9. The van der Waals surface area contributed by atoms with Crippen molar-refractivity contribution in [2.24, 2.45) is 0 Å². The quantitative estimate of drug-likeness (QED) is 0.101. The van der Waals surface area contributed by atoms with Gasteiger partial charge in [0.05, 0.1) is 18.3 Å². The molecule has 42 heavy (non-hydrogen) atoms. The number of nitrogens with zero attached hydrogens (tertiary/aromatic N) is 1. The standard InChI is InChI=1S/C36H38ClNO4/c37-34-11-7-10-33(24-34)35(42-27-31-16-14-29(15-17-31)13-12-28-8-3-1-4-9-28)26-38(22-5-2-6-23-39)25-30-18-20-32(21-19-30)36(40)41/h1,3-4,7-11,14-21,23-24,35H,2,5-6,12-13,22,25-27H2,(H,40,41). The average molecular weight is 584 g/mol. The van der Waals surface area contributed by atoms with Crippen LogP contribution < -0.4 is 0 Å². The van der Waals surface area contributed by atoms with Gasteiger partial charge in [-0.05, 0) is 84.3 Å². The van der Waals surface area contributed by atoms with Crippen LogP contribution in [0.5, 0.6) is 0 Å². The van der Waals surface area contributed by atoms with Gasteiger partial charge in [-0.3, -0.25) is 4.90 Å². The number of aromatic carboxylic acids is 1. The Labute approximate surface area is 253 Å². The van der Waals surface area contributed by atoms with Gasteiger partial charge in [0.2, 0.25) is 0 Å². The first kappa shape index (κ1) is 31.2. The minimum absolute atomic E-state index is 0.231. The predicted molar refractivity (Wildman–Crippen MR) is 168 cm³/mol. The molecule has 0 radical (unpaired) electrons. The molecular weight excluding hydrogens is 546 g/mol. The molecule has 0 fully saturated rings. The number of benzene rings is 4. The molecule has 0 amide bonds. The molecular formula is C36H38ClNO4. The number of ether oxygens (including phenoxy) is 1. The van der Waals surface area contributed by atoms with Gasteiger partial charge in [0.15, 0.2) is 0 Å². The highest BCUT2D eigenvalue weighted by atomic mass is 35.5. The van der Waals surface area contributed by atoms with Gasteiger partial charge >= 0.3 is 5.97 Å². The third-order valence-electron chi connectivity index (χ3n) is 7.32. The molecule has 4 aromatic carbocycles. The van der Waals surface area contributed by atoms with Gasteiger partial charge < -0.3 is 14.6 Å². The molecule has 0 aliphatic rings. The maximum Gasteiger partial charge on any atom is 0.335 e. The van der Waals surface area contributed by atoms with E-state index in [1.807, 2.05) is 42.5 Å². The monoisotopic (exact) mass is 583 g/mol. The van der Waals surface area contributed by atoms with Gasteiger partial charge in [-0.1, -0.05) is 90.5 Å². The average Bonchev–Trinajstić information content (AvgIpc) is 3.01. The first-order valence-corrected chi connectivity index (χ1v) is 14.8. The maximum absolute atomic E-state index is 11.3. The fourth-order valence-corrected chi connectivity index (χ4v) is 5.14. The van der Waals surface area contributed by atoms with Crippen LogP contribution in [-0.4, -0.2) is 35.4 Å². The molecule has 218 valence electrons. The van der Waals surface area contributed by atoms with E-state index in [0.717, 1.165) is 55.2 Å². The van der Waals surface area contributed by atoms with Crippen LogP contribution in [0.3, 0.4) is 0 Å². The zero-order valence-electron chi connectivity index (χ0n) is 23.8. The lowest BCUT2D eigenvalue weighted by molar-refractivity contribution is -0.107. The Morgan fingerprint density at radius 2 is 1.48 bits per heavy atom. The molecule has 5 nitrogen and oxygen atoms in total. The zero-order chi connectivity index (χ0) is 29.6.